The molecule has 0 aromatic rings. The van der Waals surface area contributed by atoms with Crippen LogP contribution < -0.4 is 0 Å². The second-order valence-electron chi connectivity index (χ2n) is 2.58. The first-order valence-electron chi connectivity index (χ1n) is 4.12. The molecule has 0 aromatic carbocycles. The van der Waals surface area contributed by atoms with Crippen LogP contribution in [0.5, 0.6) is 0 Å². The summed E-state index contributed by atoms with van der Waals surface area (Å²) < 4.78 is 31.3. The second kappa shape index (κ2) is 6.24. The SMILES string of the molecule is O=S(=O)(OCCC(S)S)OC1=NCCS1. The molecule has 1 heterocycles. The fourth-order valence-corrected chi connectivity index (χ4v) is 2.50. The molecule has 1 aliphatic rings. The van der Waals surface area contributed by atoms with Crippen molar-refractivity contribution in [2.75, 3.05) is 18.9 Å². The highest BCUT2D eigenvalue weighted by Gasteiger charge is 2.19. The highest BCUT2D eigenvalue weighted by Crippen LogP contribution is 2.16. The minimum atomic E-state index is -3.98. The van der Waals surface area contributed by atoms with Crippen LogP contribution in [0.4, 0.5) is 0 Å². The standard InChI is InChI=1S/C6H11NO4S4/c8-15(9,10-3-1-5(12)13)11-6-7-2-4-14-6/h5,12-13H,1-4H2. The van der Waals surface area contributed by atoms with Crippen molar-refractivity contribution in [1.82, 2.24) is 0 Å². The van der Waals surface area contributed by atoms with Crippen LogP contribution in [-0.4, -0.2) is 37.1 Å². The molecular weight excluding hydrogens is 278 g/mol. The molecule has 0 fully saturated rings. The Morgan fingerprint density at radius 3 is 2.80 bits per heavy atom. The minimum Gasteiger partial charge on any atom is -0.335 e. The van der Waals surface area contributed by atoms with E-state index in [-0.39, 0.29) is 16.4 Å². The van der Waals surface area contributed by atoms with Crippen LogP contribution >= 0.6 is 37.0 Å². The van der Waals surface area contributed by atoms with Crippen LogP contribution in [0.1, 0.15) is 6.42 Å². The Kier molecular flexibility index (Phi) is 5.61. The summed E-state index contributed by atoms with van der Waals surface area (Å²) in [5, 5.41) is 0.142. The van der Waals surface area contributed by atoms with E-state index in [1.165, 1.54) is 11.8 Å². The second-order valence-corrected chi connectivity index (χ2v) is 6.50. The van der Waals surface area contributed by atoms with Crippen molar-refractivity contribution in [2.45, 2.75) is 11.0 Å². The van der Waals surface area contributed by atoms with Crippen molar-refractivity contribution in [2.24, 2.45) is 4.99 Å². The average Bonchev–Trinajstić information content (AvgIpc) is 2.54. The van der Waals surface area contributed by atoms with E-state index < -0.39 is 10.4 Å². The lowest BCUT2D eigenvalue weighted by molar-refractivity contribution is 0.272. The maximum Gasteiger partial charge on any atom is 0.450 e. The normalized spacial score (nSPS) is 16.9. The molecule has 0 amide bonds. The third-order valence-electron chi connectivity index (χ3n) is 1.33. The third kappa shape index (κ3) is 5.91. The van der Waals surface area contributed by atoms with Crippen molar-refractivity contribution in [3.05, 3.63) is 0 Å². The summed E-state index contributed by atoms with van der Waals surface area (Å²) in [6.45, 7) is 0.572. The number of thiol groups is 2. The molecule has 88 valence electrons. The number of aliphatic imine (C=N–C) groups is 1. The summed E-state index contributed by atoms with van der Waals surface area (Å²) in [6, 6.07) is 0. The van der Waals surface area contributed by atoms with Gasteiger partial charge in [-0.15, -0.1) is 0 Å². The molecule has 0 bridgehead atoms. The van der Waals surface area contributed by atoms with Crippen LogP contribution in [0, 0.1) is 0 Å². The number of rotatable bonds is 5. The van der Waals surface area contributed by atoms with Crippen LogP contribution in [0.2, 0.25) is 0 Å². The topological polar surface area (TPSA) is 65.0 Å². The van der Waals surface area contributed by atoms with Gasteiger partial charge in [-0.2, -0.15) is 33.7 Å². The van der Waals surface area contributed by atoms with E-state index in [4.69, 9.17) is 0 Å². The fourth-order valence-electron chi connectivity index (χ4n) is 0.733. The molecule has 15 heavy (non-hydrogen) atoms. The molecule has 1 rings (SSSR count). The van der Waals surface area contributed by atoms with Gasteiger partial charge in [0.05, 0.1) is 13.2 Å². The first-order valence-corrected chi connectivity index (χ1v) is 7.47. The molecule has 1 aliphatic heterocycles. The van der Waals surface area contributed by atoms with Gasteiger partial charge >= 0.3 is 10.4 Å². The predicted molar refractivity (Wildman–Crippen MR) is 67.1 cm³/mol. The number of nitrogens with zero attached hydrogens (tertiary/aromatic N) is 1. The quantitative estimate of drug-likeness (QED) is 0.582. The molecule has 0 saturated heterocycles. The van der Waals surface area contributed by atoms with E-state index in [0.29, 0.717) is 13.0 Å². The first kappa shape index (κ1) is 13.5. The summed E-state index contributed by atoms with van der Waals surface area (Å²) >= 11 is 9.18. The van der Waals surface area contributed by atoms with E-state index in [1.807, 2.05) is 0 Å². The van der Waals surface area contributed by atoms with Crippen molar-refractivity contribution >= 4 is 52.6 Å². The molecule has 9 heteroatoms. The summed E-state index contributed by atoms with van der Waals surface area (Å²) in [4.78, 5) is 3.83. The third-order valence-corrected chi connectivity index (χ3v) is 3.62. The summed E-state index contributed by atoms with van der Waals surface area (Å²) in [6.07, 6.45) is 0.411. The molecule has 5 nitrogen and oxygen atoms in total. The van der Waals surface area contributed by atoms with Crippen molar-refractivity contribution in [1.29, 1.82) is 0 Å². The van der Waals surface area contributed by atoms with Gasteiger partial charge in [-0.25, -0.2) is 9.18 Å². The van der Waals surface area contributed by atoms with Gasteiger partial charge in [0.1, 0.15) is 0 Å². The maximum absolute atomic E-state index is 11.2. The van der Waals surface area contributed by atoms with Crippen LogP contribution in [-0.2, 0) is 18.8 Å². The van der Waals surface area contributed by atoms with Gasteiger partial charge in [-0.1, -0.05) is 11.8 Å². The smallest absolute Gasteiger partial charge is 0.335 e. The lowest BCUT2D eigenvalue weighted by atomic mass is 10.5. The van der Waals surface area contributed by atoms with Crippen molar-refractivity contribution < 1.29 is 16.8 Å². The number of hydrogen-bond donors (Lipinski definition) is 2. The van der Waals surface area contributed by atoms with Crippen LogP contribution in [0.25, 0.3) is 0 Å². The number of thioether (sulfide) groups is 1. The molecular formula is C6H11NO4S4. The first-order chi connectivity index (χ1) is 6.99. The molecule has 0 saturated carbocycles. The maximum atomic E-state index is 11.2. The lowest BCUT2D eigenvalue weighted by Crippen LogP contribution is -2.14. The van der Waals surface area contributed by atoms with Crippen LogP contribution in [0.3, 0.4) is 0 Å². The molecule has 0 N–H and O–H groups in total. The Morgan fingerprint density at radius 1 is 1.53 bits per heavy atom. The summed E-state index contributed by atoms with van der Waals surface area (Å²) in [5.41, 5.74) is 0. The monoisotopic (exact) mass is 289 g/mol. The Morgan fingerprint density at radius 2 is 2.27 bits per heavy atom. The molecule has 0 aliphatic carbocycles. The Labute approximate surface area is 104 Å². The Hall–Kier alpha value is 0.430. The van der Waals surface area contributed by atoms with Gasteiger partial charge in [-0.3, -0.25) is 0 Å². The molecule has 0 spiro atoms. The summed E-state index contributed by atoms with van der Waals surface area (Å²) in [7, 11) is -3.98. The lowest BCUT2D eigenvalue weighted by Gasteiger charge is -2.06. The molecule has 0 atom stereocenters. The van der Waals surface area contributed by atoms with Gasteiger partial charge in [0.25, 0.3) is 5.23 Å². The zero-order valence-corrected chi connectivity index (χ0v) is 11.1. The van der Waals surface area contributed by atoms with Gasteiger partial charge in [-0.05, 0) is 6.42 Å². The Balaban J connectivity index is 2.32. The highest BCUT2D eigenvalue weighted by atomic mass is 32.3. The molecule has 0 unspecified atom stereocenters. The molecule has 0 aromatic heterocycles. The van der Waals surface area contributed by atoms with Gasteiger partial charge in [0, 0.05) is 10.3 Å². The minimum absolute atomic E-state index is 0.00204. The predicted octanol–water partition coefficient (Wildman–Crippen LogP) is 0.943. The van der Waals surface area contributed by atoms with E-state index in [2.05, 4.69) is 38.6 Å². The molecule has 0 radical (unpaired) electrons. The van der Waals surface area contributed by atoms with Gasteiger partial charge in [0.2, 0.25) is 0 Å². The zero-order chi connectivity index (χ0) is 11.3. The van der Waals surface area contributed by atoms with E-state index >= 15 is 0 Å². The van der Waals surface area contributed by atoms with Gasteiger partial charge < -0.3 is 4.18 Å². The van der Waals surface area contributed by atoms with Crippen molar-refractivity contribution in [3.8, 4) is 0 Å². The van der Waals surface area contributed by atoms with E-state index in [1.54, 1.807) is 0 Å². The average molecular weight is 289 g/mol. The summed E-state index contributed by atoms with van der Waals surface area (Å²) in [5.74, 6) is 0.736. The largest absolute Gasteiger partial charge is 0.450 e. The number of hydrogen-bond acceptors (Lipinski definition) is 8. The van der Waals surface area contributed by atoms with Gasteiger partial charge in [0.15, 0.2) is 0 Å². The zero-order valence-electron chi connectivity index (χ0n) is 7.70. The van der Waals surface area contributed by atoms with Crippen molar-refractivity contribution in [3.63, 3.8) is 0 Å². The van der Waals surface area contributed by atoms with Crippen LogP contribution in [0.15, 0.2) is 4.99 Å². The fraction of sp³-hybridized carbons (Fsp3) is 0.833. The Bertz CT molecular complexity index is 326. The van der Waals surface area contributed by atoms with E-state index in [0.717, 1.165) is 5.75 Å². The van der Waals surface area contributed by atoms with E-state index in [9.17, 15) is 8.42 Å². The highest BCUT2D eigenvalue weighted by molar-refractivity contribution is 8.14.